The molecule has 2 saturated heterocycles. The molecule has 0 saturated carbocycles. The molecule has 21 heavy (non-hydrogen) atoms. The Balaban J connectivity index is 1.54. The molecule has 9 heteroatoms. The van der Waals surface area contributed by atoms with Crippen LogP contribution in [0.15, 0.2) is 10.7 Å². The molecule has 7 nitrogen and oxygen atoms in total. The Hall–Kier alpha value is -1.06. The van der Waals surface area contributed by atoms with Crippen LogP contribution in [0.4, 0.5) is 0 Å². The number of aromatic nitrogens is 5. The maximum absolute atomic E-state index is 5.38. The van der Waals surface area contributed by atoms with Crippen LogP contribution < -0.4 is 5.32 Å². The zero-order valence-electron chi connectivity index (χ0n) is 11.6. The Morgan fingerprint density at radius 3 is 2.95 bits per heavy atom. The quantitative estimate of drug-likeness (QED) is 0.907. The van der Waals surface area contributed by atoms with Crippen molar-refractivity contribution in [1.82, 2.24) is 30.5 Å². The smallest absolute Gasteiger partial charge is 0.280 e. The van der Waals surface area contributed by atoms with E-state index in [1.54, 1.807) is 0 Å². The van der Waals surface area contributed by atoms with Crippen LogP contribution in [-0.4, -0.2) is 55.0 Å². The van der Waals surface area contributed by atoms with Crippen LogP contribution in [0.25, 0.3) is 11.6 Å². The second-order valence-electron chi connectivity index (χ2n) is 5.22. The monoisotopic (exact) mass is 324 g/mol. The minimum atomic E-state index is 0.298. The van der Waals surface area contributed by atoms with E-state index in [2.05, 4.69) is 32.7 Å². The van der Waals surface area contributed by atoms with Gasteiger partial charge in [0, 0.05) is 29.8 Å². The Bertz CT molecular complexity index is 625. The van der Waals surface area contributed by atoms with E-state index >= 15 is 0 Å². The Labute approximate surface area is 130 Å². The summed E-state index contributed by atoms with van der Waals surface area (Å²) in [5.41, 5.74) is 0.654. The van der Waals surface area contributed by atoms with Crippen molar-refractivity contribution in [2.45, 2.75) is 23.5 Å². The molecule has 2 aliphatic rings. The topological polar surface area (TPSA) is 81.7 Å². The predicted octanol–water partition coefficient (Wildman–Crippen LogP) is 1.38. The summed E-state index contributed by atoms with van der Waals surface area (Å²) in [6.07, 6.45) is 1.88. The summed E-state index contributed by atoms with van der Waals surface area (Å²) in [4.78, 5) is 4.53. The molecule has 2 aliphatic heterocycles. The molecule has 1 N–H and O–H groups in total. The van der Waals surface area contributed by atoms with Crippen molar-refractivity contribution in [3.8, 4) is 11.6 Å². The van der Waals surface area contributed by atoms with E-state index in [0.717, 1.165) is 24.7 Å². The van der Waals surface area contributed by atoms with Gasteiger partial charge >= 0.3 is 0 Å². The van der Waals surface area contributed by atoms with Gasteiger partial charge < -0.3 is 9.84 Å². The van der Waals surface area contributed by atoms with Gasteiger partial charge in [-0.05, 0) is 0 Å². The number of hydrogen-bond donors (Lipinski definition) is 1. The zero-order chi connectivity index (χ0) is 14.2. The SMILES string of the molecule is CC1SCCSC1c1noc(-c2cn(C3CNC3)nn2)n1. The van der Waals surface area contributed by atoms with Crippen molar-refractivity contribution in [3.05, 3.63) is 12.0 Å². The summed E-state index contributed by atoms with van der Waals surface area (Å²) >= 11 is 3.86. The summed E-state index contributed by atoms with van der Waals surface area (Å²) in [5, 5.41) is 16.4. The zero-order valence-corrected chi connectivity index (χ0v) is 13.2. The van der Waals surface area contributed by atoms with Crippen LogP contribution in [0.3, 0.4) is 0 Å². The first-order valence-corrected chi connectivity index (χ1v) is 9.11. The molecular formula is C12H16N6OS2. The van der Waals surface area contributed by atoms with E-state index in [-0.39, 0.29) is 0 Å². The molecule has 2 atom stereocenters. The van der Waals surface area contributed by atoms with E-state index in [1.165, 1.54) is 5.75 Å². The molecule has 4 rings (SSSR count). The van der Waals surface area contributed by atoms with Gasteiger partial charge in [0.25, 0.3) is 5.89 Å². The highest BCUT2D eigenvalue weighted by molar-refractivity contribution is 8.06. The van der Waals surface area contributed by atoms with Crippen molar-refractivity contribution < 1.29 is 4.52 Å². The highest BCUT2D eigenvalue weighted by Gasteiger charge is 2.29. The molecule has 0 amide bonds. The molecule has 2 aromatic heterocycles. The highest BCUT2D eigenvalue weighted by atomic mass is 32.2. The maximum atomic E-state index is 5.38. The molecule has 2 aromatic rings. The first-order valence-electron chi connectivity index (χ1n) is 7.01. The molecule has 0 aromatic carbocycles. The van der Waals surface area contributed by atoms with E-state index in [9.17, 15) is 0 Å². The number of nitrogens with one attached hydrogen (secondary N) is 1. The largest absolute Gasteiger partial charge is 0.332 e. The summed E-state index contributed by atoms with van der Waals surface area (Å²) in [5.74, 6) is 3.56. The van der Waals surface area contributed by atoms with Gasteiger partial charge in [0.05, 0.1) is 17.5 Å². The highest BCUT2D eigenvalue weighted by Crippen LogP contribution is 2.41. The lowest BCUT2D eigenvalue weighted by atomic mass is 10.2. The van der Waals surface area contributed by atoms with Gasteiger partial charge in [-0.25, -0.2) is 4.68 Å². The van der Waals surface area contributed by atoms with Crippen molar-refractivity contribution in [2.75, 3.05) is 24.6 Å². The summed E-state index contributed by atoms with van der Waals surface area (Å²) < 4.78 is 7.25. The number of hydrogen-bond acceptors (Lipinski definition) is 8. The number of nitrogens with zero attached hydrogens (tertiary/aromatic N) is 5. The molecule has 2 unspecified atom stereocenters. The molecule has 4 heterocycles. The van der Waals surface area contributed by atoms with Crippen molar-refractivity contribution >= 4 is 23.5 Å². The molecule has 0 spiro atoms. The van der Waals surface area contributed by atoms with E-state index < -0.39 is 0 Å². The Morgan fingerprint density at radius 1 is 1.33 bits per heavy atom. The fourth-order valence-electron chi connectivity index (χ4n) is 2.38. The molecule has 0 aliphatic carbocycles. The van der Waals surface area contributed by atoms with Crippen molar-refractivity contribution in [2.24, 2.45) is 0 Å². The predicted molar refractivity (Wildman–Crippen MR) is 82.3 cm³/mol. The van der Waals surface area contributed by atoms with Crippen LogP contribution >= 0.6 is 23.5 Å². The molecular weight excluding hydrogens is 308 g/mol. The minimum Gasteiger partial charge on any atom is -0.332 e. The standard InChI is InChI=1S/C12H16N6OS2/c1-7-10(21-3-2-20-7)11-14-12(19-16-11)9-6-18(17-15-9)8-4-13-5-8/h6-8,10,13H,2-5H2,1H3. The average molecular weight is 324 g/mol. The van der Waals surface area contributed by atoms with Crippen LogP contribution in [0, 0.1) is 0 Å². The van der Waals surface area contributed by atoms with Gasteiger partial charge in [0.15, 0.2) is 11.5 Å². The van der Waals surface area contributed by atoms with E-state index in [4.69, 9.17) is 4.52 Å². The molecule has 112 valence electrons. The van der Waals surface area contributed by atoms with Gasteiger partial charge in [-0.15, -0.1) is 16.9 Å². The summed E-state index contributed by atoms with van der Waals surface area (Å²) in [6, 6.07) is 0.388. The lowest BCUT2D eigenvalue weighted by molar-refractivity contribution is 0.313. The number of thioether (sulfide) groups is 2. The van der Waals surface area contributed by atoms with Crippen molar-refractivity contribution in [1.29, 1.82) is 0 Å². The first kappa shape index (κ1) is 13.6. The summed E-state index contributed by atoms with van der Waals surface area (Å²) in [7, 11) is 0. The Morgan fingerprint density at radius 2 is 2.19 bits per heavy atom. The third-order valence-corrected chi connectivity index (χ3v) is 6.83. The lowest BCUT2D eigenvalue weighted by Crippen LogP contribution is -2.43. The van der Waals surface area contributed by atoms with Crippen LogP contribution in [0.1, 0.15) is 24.0 Å². The fraction of sp³-hybridized carbons (Fsp3) is 0.667. The summed E-state index contributed by atoms with van der Waals surface area (Å²) in [6.45, 7) is 4.09. The lowest BCUT2D eigenvalue weighted by Gasteiger charge is -2.26. The van der Waals surface area contributed by atoms with Crippen LogP contribution in [0.2, 0.25) is 0 Å². The molecule has 2 fully saturated rings. The first-order chi connectivity index (χ1) is 10.3. The van der Waals surface area contributed by atoms with Crippen LogP contribution in [-0.2, 0) is 0 Å². The molecule has 0 bridgehead atoms. The minimum absolute atomic E-state index is 0.298. The van der Waals surface area contributed by atoms with Gasteiger partial charge in [-0.3, -0.25) is 0 Å². The fourth-order valence-corrected chi connectivity index (χ4v) is 5.06. The van der Waals surface area contributed by atoms with Gasteiger partial charge in [-0.1, -0.05) is 17.3 Å². The van der Waals surface area contributed by atoms with Gasteiger partial charge in [0.2, 0.25) is 0 Å². The average Bonchev–Trinajstić information content (AvgIpc) is 3.06. The van der Waals surface area contributed by atoms with E-state index in [0.29, 0.717) is 28.1 Å². The van der Waals surface area contributed by atoms with Gasteiger partial charge in [0.1, 0.15) is 0 Å². The number of rotatable bonds is 3. The van der Waals surface area contributed by atoms with Crippen molar-refractivity contribution in [3.63, 3.8) is 0 Å². The third kappa shape index (κ3) is 2.58. The van der Waals surface area contributed by atoms with E-state index in [1.807, 2.05) is 34.4 Å². The maximum Gasteiger partial charge on any atom is 0.280 e. The van der Waals surface area contributed by atoms with Crippen LogP contribution in [0.5, 0.6) is 0 Å². The Kier molecular flexibility index (Phi) is 3.64. The normalized spacial score (nSPS) is 26.7. The second-order valence-corrected chi connectivity index (χ2v) is 7.96. The molecule has 0 radical (unpaired) electrons. The van der Waals surface area contributed by atoms with Gasteiger partial charge in [-0.2, -0.15) is 16.7 Å². The third-order valence-electron chi connectivity index (χ3n) is 3.75. The second kappa shape index (κ2) is 5.62.